The summed E-state index contributed by atoms with van der Waals surface area (Å²) in [6.45, 7) is 8.35. The molecule has 1 aromatic carbocycles. The van der Waals surface area contributed by atoms with Gasteiger partial charge < -0.3 is 30.2 Å². The van der Waals surface area contributed by atoms with Gasteiger partial charge in [-0.1, -0.05) is 213 Å². The van der Waals surface area contributed by atoms with Gasteiger partial charge in [0.2, 0.25) is 24.5 Å². The minimum atomic E-state index is -0.860. The van der Waals surface area contributed by atoms with Gasteiger partial charge in [0.15, 0.2) is 11.5 Å². The van der Waals surface area contributed by atoms with E-state index >= 15 is 0 Å². The highest BCUT2D eigenvalue weighted by atomic mass is 16.7. The smallest absolute Gasteiger partial charge is 0.328 e. The number of hydrogen-bond acceptors (Lipinski definition) is 9. The number of unbranched alkanes of at least 4 members (excludes halogenated alkanes) is 27. The van der Waals surface area contributed by atoms with E-state index in [0.717, 1.165) is 101 Å². The lowest BCUT2D eigenvalue weighted by atomic mass is 9.81. The maximum Gasteiger partial charge on any atom is 0.328 e. The topological polar surface area (TPSA) is 152 Å². The van der Waals surface area contributed by atoms with Gasteiger partial charge in [0.25, 0.3) is 0 Å². The summed E-state index contributed by atoms with van der Waals surface area (Å²) in [5, 5.41) is 9.14. The van der Waals surface area contributed by atoms with E-state index in [4.69, 9.17) is 14.2 Å². The number of ketones is 1. The Morgan fingerprint density at radius 2 is 1.00 bits per heavy atom. The Bertz CT molecular complexity index is 1710. The van der Waals surface area contributed by atoms with E-state index in [-0.39, 0.29) is 48.7 Å². The fraction of sp³-hybridized carbons (Fsp3) is 0.817. The summed E-state index contributed by atoms with van der Waals surface area (Å²) < 4.78 is 16.5. The summed E-state index contributed by atoms with van der Waals surface area (Å²) in [5.74, 6) is -0.100. The van der Waals surface area contributed by atoms with Crippen molar-refractivity contribution in [3.63, 3.8) is 0 Å². The molecule has 3 unspecified atom stereocenters. The van der Waals surface area contributed by atoms with Crippen LogP contribution in [0.15, 0.2) is 12.1 Å². The third-order valence-corrected chi connectivity index (χ3v) is 15.8. The molecular weight excluding hydrogens is 905 g/mol. The third kappa shape index (κ3) is 23.3. The zero-order chi connectivity index (χ0) is 51.6. The first kappa shape index (κ1) is 60.9. The van der Waals surface area contributed by atoms with E-state index < -0.39 is 24.1 Å². The van der Waals surface area contributed by atoms with Crippen molar-refractivity contribution < 1.29 is 38.2 Å². The lowest BCUT2D eigenvalue weighted by molar-refractivity contribution is -0.145. The van der Waals surface area contributed by atoms with Crippen molar-refractivity contribution in [2.45, 2.75) is 283 Å². The van der Waals surface area contributed by atoms with Crippen molar-refractivity contribution >= 4 is 29.5 Å². The Labute approximate surface area is 437 Å². The second kappa shape index (κ2) is 37.1. The van der Waals surface area contributed by atoms with Crippen LogP contribution in [0, 0.1) is 5.92 Å². The zero-order valence-electron chi connectivity index (χ0n) is 46.0. The molecule has 72 heavy (non-hydrogen) atoms. The SMILES string of the molecule is CCCCCCCCCCCCC(NC(=O)CC[C@H]1CN2CCc3cc4c(cc3[C@@H]2CC1=O)OCO4)C(=O)NC(CCCCCCCCCCCC)C(=O)NC(CCCCCCCCCCCC)C(=O)OC. The molecule has 0 bridgehead atoms. The van der Waals surface area contributed by atoms with Crippen molar-refractivity contribution in [3.8, 4) is 11.5 Å². The van der Waals surface area contributed by atoms with Gasteiger partial charge in [-0.05, 0) is 55.4 Å². The molecule has 410 valence electrons. The average molecular weight is 1010 g/mol. The third-order valence-electron chi connectivity index (χ3n) is 15.8. The van der Waals surface area contributed by atoms with Gasteiger partial charge in [-0.2, -0.15) is 0 Å². The van der Waals surface area contributed by atoms with Gasteiger partial charge in [0.05, 0.1) is 7.11 Å². The number of rotatable bonds is 42. The molecule has 0 spiro atoms. The molecule has 0 aliphatic carbocycles. The van der Waals surface area contributed by atoms with E-state index in [1.807, 2.05) is 6.07 Å². The minimum Gasteiger partial charge on any atom is -0.467 e. The normalized spacial score (nSPS) is 17.4. The predicted octanol–water partition coefficient (Wildman–Crippen LogP) is 13.2. The lowest BCUT2D eigenvalue weighted by Crippen LogP contribution is -2.55. The number of carbonyl (C=O) groups excluding carboxylic acids is 5. The van der Waals surface area contributed by atoms with Crippen LogP contribution in [0.4, 0.5) is 0 Å². The molecule has 3 heterocycles. The van der Waals surface area contributed by atoms with Gasteiger partial charge >= 0.3 is 5.97 Å². The van der Waals surface area contributed by atoms with Crippen LogP contribution in [0.1, 0.15) is 269 Å². The zero-order valence-corrected chi connectivity index (χ0v) is 46.0. The Balaban J connectivity index is 1.37. The molecule has 3 N–H and O–H groups in total. The summed E-state index contributed by atoms with van der Waals surface area (Å²) in [6, 6.07) is 1.61. The Kier molecular flexibility index (Phi) is 31.4. The molecule has 12 nitrogen and oxygen atoms in total. The molecule has 1 aromatic rings. The standard InChI is InChI=1S/C60H102N4O8/c1-5-8-11-14-17-20-23-26-29-32-35-50(61-57(66)39-38-48-45-64-41-40-47-42-55-56(72-46-71-55)43-49(47)53(64)44-54(48)65)58(67)62-51(36-33-30-27-24-21-18-15-12-9-6-2)59(68)63-52(60(69)70-4)37-34-31-28-25-22-19-16-13-10-7-3/h42-43,48,50-53H,5-41,44-46H2,1-4H3,(H,61,66)(H,62,67)(H,63,68)/t48-,50?,51?,52?,53-/m0/s1. The highest BCUT2D eigenvalue weighted by Gasteiger charge is 2.39. The van der Waals surface area contributed by atoms with Crippen molar-refractivity contribution in [1.29, 1.82) is 0 Å². The number of piperidine rings is 1. The average Bonchev–Trinajstić information content (AvgIpc) is 3.85. The molecule has 0 saturated carbocycles. The quantitative estimate of drug-likeness (QED) is 0.0429. The van der Waals surface area contributed by atoms with Crippen molar-refractivity contribution in [2.24, 2.45) is 5.92 Å². The van der Waals surface area contributed by atoms with Crippen molar-refractivity contribution in [2.75, 3.05) is 27.0 Å². The molecule has 1 fully saturated rings. The molecule has 5 atom stereocenters. The first-order chi connectivity index (χ1) is 35.2. The van der Waals surface area contributed by atoms with E-state index in [9.17, 15) is 24.0 Å². The molecular formula is C60H102N4O8. The maximum absolute atomic E-state index is 14.4. The van der Waals surface area contributed by atoms with Crippen LogP contribution in [0.25, 0.3) is 0 Å². The monoisotopic (exact) mass is 1010 g/mol. The number of carbonyl (C=O) groups is 5. The van der Waals surface area contributed by atoms with Crippen LogP contribution < -0.4 is 25.4 Å². The predicted molar refractivity (Wildman–Crippen MR) is 290 cm³/mol. The number of nitrogens with one attached hydrogen (secondary N) is 3. The van der Waals surface area contributed by atoms with Crippen LogP contribution in [0.2, 0.25) is 0 Å². The molecule has 4 rings (SSSR count). The number of fused-ring (bicyclic) bond motifs is 4. The number of Topliss-reactive ketones (excluding diaryl/α,β-unsaturated/α-hetero) is 1. The summed E-state index contributed by atoms with van der Waals surface area (Å²) in [7, 11) is 1.36. The number of hydrogen-bond donors (Lipinski definition) is 3. The number of nitrogens with zero attached hydrogens (tertiary/aromatic N) is 1. The summed E-state index contributed by atoms with van der Waals surface area (Å²) in [4.78, 5) is 71.6. The minimum absolute atomic E-state index is 0.0111. The fourth-order valence-corrected chi connectivity index (χ4v) is 11.1. The lowest BCUT2D eigenvalue weighted by Gasteiger charge is -2.43. The molecule has 1 saturated heterocycles. The summed E-state index contributed by atoms with van der Waals surface area (Å²) in [6.07, 6.45) is 37.9. The second-order valence-corrected chi connectivity index (χ2v) is 21.7. The largest absolute Gasteiger partial charge is 0.467 e. The number of methoxy groups -OCH3 is 1. The second-order valence-electron chi connectivity index (χ2n) is 21.7. The Morgan fingerprint density at radius 1 is 0.583 bits per heavy atom. The first-order valence-corrected chi connectivity index (χ1v) is 29.9. The van der Waals surface area contributed by atoms with Crippen molar-refractivity contribution in [3.05, 3.63) is 23.3 Å². The van der Waals surface area contributed by atoms with Gasteiger partial charge in [-0.15, -0.1) is 0 Å². The number of esters is 1. The van der Waals surface area contributed by atoms with Crippen LogP contribution in [0.5, 0.6) is 11.5 Å². The van der Waals surface area contributed by atoms with Crippen molar-refractivity contribution in [1.82, 2.24) is 20.9 Å². The number of amides is 3. The number of ether oxygens (including phenoxy) is 3. The maximum atomic E-state index is 14.4. The van der Waals surface area contributed by atoms with E-state index in [1.54, 1.807) is 0 Å². The molecule has 0 radical (unpaired) electrons. The first-order valence-electron chi connectivity index (χ1n) is 29.9. The number of benzene rings is 1. The van der Waals surface area contributed by atoms with Crippen LogP contribution in [-0.2, 0) is 35.1 Å². The molecule has 3 amide bonds. The van der Waals surface area contributed by atoms with E-state index in [2.05, 4.69) is 47.7 Å². The Morgan fingerprint density at radius 3 is 1.47 bits per heavy atom. The van der Waals surface area contributed by atoms with Gasteiger partial charge in [0.1, 0.15) is 23.9 Å². The van der Waals surface area contributed by atoms with Crippen LogP contribution in [0.3, 0.4) is 0 Å². The highest BCUT2D eigenvalue weighted by Crippen LogP contribution is 2.44. The van der Waals surface area contributed by atoms with Gasteiger partial charge in [-0.25, -0.2) is 4.79 Å². The molecule has 3 aliphatic heterocycles. The van der Waals surface area contributed by atoms with Gasteiger partial charge in [0, 0.05) is 37.9 Å². The summed E-state index contributed by atoms with van der Waals surface area (Å²) >= 11 is 0. The molecule has 3 aliphatic rings. The van der Waals surface area contributed by atoms with E-state index in [0.29, 0.717) is 38.6 Å². The van der Waals surface area contributed by atoms with Gasteiger partial charge in [-0.3, -0.25) is 24.1 Å². The molecule has 0 aromatic heterocycles. The highest BCUT2D eigenvalue weighted by molar-refractivity contribution is 5.93. The van der Waals surface area contributed by atoms with Crippen LogP contribution >= 0.6 is 0 Å². The van der Waals surface area contributed by atoms with Crippen LogP contribution in [-0.4, -0.2) is 79.5 Å². The fourth-order valence-electron chi connectivity index (χ4n) is 11.1. The molecule has 12 heteroatoms. The summed E-state index contributed by atoms with van der Waals surface area (Å²) in [5.41, 5.74) is 2.33. The van der Waals surface area contributed by atoms with E-state index in [1.165, 1.54) is 135 Å². The Hall–Kier alpha value is -3.67.